The molecule has 4 rings (SSSR count). The number of aromatic nitrogens is 2. The average molecular weight is 444 g/mol. The third kappa shape index (κ3) is 3.69. The Kier molecular flexibility index (Phi) is 5.08. The van der Waals surface area contributed by atoms with E-state index in [1.54, 1.807) is 48.5 Å². The Balaban J connectivity index is 1.72. The summed E-state index contributed by atoms with van der Waals surface area (Å²) in [5.41, 5.74) is 7.83. The molecule has 1 amide bonds. The lowest BCUT2D eigenvalue weighted by molar-refractivity contribution is 0.100. The van der Waals surface area contributed by atoms with Gasteiger partial charge in [-0.3, -0.25) is 4.79 Å². The molecule has 0 atom stereocenters. The van der Waals surface area contributed by atoms with Gasteiger partial charge in [0, 0.05) is 23.4 Å². The Hall–Kier alpha value is -3.17. The van der Waals surface area contributed by atoms with Crippen molar-refractivity contribution in [2.45, 2.75) is 18.2 Å². The molecule has 0 bridgehead atoms. The molecule has 8 nitrogen and oxygen atoms in total. The van der Waals surface area contributed by atoms with Gasteiger partial charge in [0.1, 0.15) is 5.82 Å². The summed E-state index contributed by atoms with van der Waals surface area (Å²) < 4.78 is 27.6. The molecule has 0 saturated heterocycles. The van der Waals surface area contributed by atoms with Crippen molar-refractivity contribution >= 4 is 44.9 Å². The van der Waals surface area contributed by atoms with Crippen LogP contribution in [0, 0.1) is 6.92 Å². The van der Waals surface area contributed by atoms with Gasteiger partial charge in [-0.1, -0.05) is 23.8 Å². The Bertz CT molecular complexity index is 1250. The number of nitrogens with zero attached hydrogens (tertiary/aromatic N) is 3. The Morgan fingerprint density at radius 3 is 2.60 bits per heavy atom. The van der Waals surface area contributed by atoms with Crippen LogP contribution in [0.25, 0.3) is 0 Å². The van der Waals surface area contributed by atoms with E-state index in [0.717, 1.165) is 5.56 Å². The highest BCUT2D eigenvalue weighted by molar-refractivity contribution is 7.92. The number of benzene rings is 2. The van der Waals surface area contributed by atoms with Gasteiger partial charge < -0.3 is 11.1 Å². The van der Waals surface area contributed by atoms with Crippen LogP contribution in [0.1, 0.15) is 21.5 Å². The van der Waals surface area contributed by atoms with Gasteiger partial charge in [-0.25, -0.2) is 17.7 Å². The van der Waals surface area contributed by atoms with Gasteiger partial charge in [-0.05, 0) is 55.3 Å². The summed E-state index contributed by atoms with van der Waals surface area (Å²) in [6, 6.07) is 13.2. The lowest BCUT2D eigenvalue weighted by Crippen LogP contribution is -2.29. The first-order chi connectivity index (χ1) is 14.3. The molecule has 1 aliphatic rings. The van der Waals surface area contributed by atoms with E-state index >= 15 is 0 Å². The Morgan fingerprint density at radius 2 is 1.90 bits per heavy atom. The predicted molar refractivity (Wildman–Crippen MR) is 115 cm³/mol. The van der Waals surface area contributed by atoms with E-state index in [2.05, 4.69) is 15.3 Å². The Labute approximate surface area is 178 Å². The molecule has 1 aromatic heterocycles. The van der Waals surface area contributed by atoms with Crippen molar-refractivity contribution in [1.82, 2.24) is 9.97 Å². The highest BCUT2D eigenvalue weighted by Crippen LogP contribution is 2.36. The normalized spacial score (nSPS) is 13.2. The first-order valence-electron chi connectivity index (χ1n) is 9.08. The van der Waals surface area contributed by atoms with Crippen molar-refractivity contribution in [1.29, 1.82) is 0 Å². The molecule has 2 aromatic carbocycles. The van der Waals surface area contributed by atoms with Gasteiger partial charge in [0.2, 0.25) is 11.2 Å². The predicted octanol–water partition coefficient (Wildman–Crippen LogP) is 3.03. The molecule has 0 saturated carbocycles. The van der Waals surface area contributed by atoms with Gasteiger partial charge in [0.25, 0.3) is 10.0 Å². The highest BCUT2D eigenvalue weighted by Gasteiger charge is 2.34. The van der Waals surface area contributed by atoms with Gasteiger partial charge in [-0.2, -0.15) is 4.98 Å². The van der Waals surface area contributed by atoms with E-state index < -0.39 is 15.9 Å². The number of amides is 1. The fraction of sp³-hybridized carbons (Fsp3) is 0.150. The van der Waals surface area contributed by atoms with Crippen molar-refractivity contribution < 1.29 is 13.2 Å². The molecule has 30 heavy (non-hydrogen) atoms. The molecular weight excluding hydrogens is 426 g/mol. The molecule has 154 valence electrons. The lowest BCUT2D eigenvalue weighted by Gasteiger charge is -2.19. The van der Waals surface area contributed by atoms with Crippen molar-refractivity contribution in [2.75, 3.05) is 16.2 Å². The molecule has 2 heterocycles. The number of rotatable bonds is 5. The van der Waals surface area contributed by atoms with E-state index in [0.29, 0.717) is 29.1 Å². The summed E-state index contributed by atoms with van der Waals surface area (Å²) in [4.78, 5) is 20.0. The molecule has 10 heteroatoms. The van der Waals surface area contributed by atoms with E-state index in [-0.39, 0.29) is 22.5 Å². The standard InChI is InChI=1S/C20H18ClN5O3S/c1-12-5-7-15(8-6-12)30(28,29)26-10-9-16-18(24-20(21)25-19(16)26)23-14-4-2-3-13(11-14)17(22)27/h2-8,11H,9-10H2,1H3,(H2,22,27)(H,23,24,25). The van der Waals surface area contributed by atoms with Crippen LogP contribution in [0.3, 0.4) is 0 Å². The molecule has 0 unspecified atom stereocenters. The first kappa shape index (κ1) is 20.1. The van der Waals surface area contributed by atoms with Crippen LogP contribution in [0.15, 0.2) is 53.4 Å². The van der Waals surface area contributed by atoms with Crippen LogP contribution in [-0.2, 0) is 16.4 Å². The topological polar surface area (TPSA) is 118 Å². The SMILES string of the molecule is Cc1ccc(S(=O)(=O)N2CCc3c(Nc4cccc(C(N)=O)c4)nc(Cl)nc32)cc1. The van der Waals surface area contributed by atoms with Crippen LogP contribution in [0.4, 0.5) is 17.3 Å². The van der Waals surface area contributed by atoms with Crippen LogP contribution in [0.2, 0.25) is 5.28 Å². The monoisotopic (exact) mass is 443 g/mol. The maximum atomic E-state index is 13.2. The Morgan fingerprint density at radius 1 is 1.17 bits per heavy atom. The third-order valence-corrected chi connectivity index (χ3v) is 6.75. The number of carbonyl (C=O) groups is 1. The summed E-state index contributed by atoms with van der Waals surface area (Å²) in [6.45, 7) is 2.11. The third-order valence-electron chi connectivity index (χ3n) is 4.78. The number of hydrogen-bond donors (Lipinski definition) is 2. The summed E-state index contributed by atoms with van der Waals surface area (Å²) in [7, 11) is -3.80. The van der Waals surface area contributed by atoms with E-state index in [9.17, 15) is 13.2 Å². The number of anilines is 3. The summed E-state index contributed by atoms with van der Waals surface area (Å²) in [6.07, 6.45) is 0.412. The second kappa shape index (κ2) is 7.58. The van der Waals surface area contributed by atoms with Crippen molar-refractivity contribution in [2.24, 2.45) is 5.73 Å². The zero-order valence-electron chi connectivity index (χ0n) is 16.0. The summed E-state index contributed by atoms with van der Waals surface area (Å²) in [5, 5.41) is 3.01. The van der Waals surface area contributed by atoms with Crippen molar-refractivity contribution in [3.63, 3.8) is 0 Å². The molecular formula is C20H18ClN5O3S. The van der Waals surface area contributed by atoms with Crippen LogP contribution in [0.5, 0.6) is 0 Å². The quantitative estimate of drug-likeness (QED) is 0.585. The van der Waals surface area contributed by atoms with Crippen molar-refractivity contribution in [3.05, 3.63) is 70.5 Å². The highest BCUT2D eigenvalue weighted by atomic mass is 35.5. The minimum absolute atomic E-state index is 0.0895. The van der Waals surface area contributed by atoms with Crippen LogP contribution < -0.4 is 15.4 Å². The number of fused-ring (bicyclic) bond motifs is 1. The number of sulfonamides is 1. The van der Waals surface area contributed by atoms with E-state index in [1.807, 2.05) is 6.92 Å². The number of primary amides is 1. The first-order valence-corrected chi connectivity index (χ1v) is 10.9. The van der Waals surface area contributed by atoms with E-state index in [1.165, 1.54) is 4.31 Å². The van der Waals surface area contributed by atoms with Crippen LogP contribution in [-0.4, -0.2) is 30.8 Å². The number of aryl methyl sites for hydroxylation is 1. The molecule has 1 aliphatic heterocycles. The largest absolute Gasteiger partial charge is 0.366 e. The number of halogens is 1. The maximum absolute atomic E-state index is 13.2. The molecule has 0 radical (unpaired) electrons. The number of nitrogens with one attached hydrogen (secondary N) is 1. The second-order valence-corrected chi connectivity index (χ2v) is 9.05. The maximum Gasteiger partial charge on any atom is 0.265 e. The second-order valence-electron chi connectivity index (χ2n) is 6.85. The number of hydrogen-bond acceptors (Lipinski definition) is 6. The fourth-order valence-corrected chi connectivity index (χ4v) is 4.87. The molecule has 0 aliphatic carbocycles. The minimum atomic E-state index is -3.80. The van der Waals surface area contributed by atoms with Crippen molar-refractivity contribution in [3.8, 4) is 0 Å². The minimum Gasteiger partial charge on any atom is -0.366 e. The van der Waals surface area contributed by atoms with Gasteiger partial charge in [0.05, 0.1) is 4.90 Å². The molecule has 0 fully saturated rings. The number of nitrogens with two attached hydrogens (primary N) is 1. The zero-order chi connectivity index (χ0) is 21.5. The smallest absolute Gasteiger partial charge is 0.265 e. The molecule has 3 N–H and O–H groups in total. The summed E-state index contributed by atoms with van der Waals surface area (Å²) in [5.74, 6) is 0.0670. The van der Waals surface area contributed by atoms with Crippen LogP contribution >= 0.6 is 11.6 Å². The zero-order valence-corrected chi connectivity index (χ0v) is 17.5. The molecule has 3 aromatic rings. The van der Waals surface area contributed by atoms with E-state index in [4.69, 9.17) is 17.3 Å². The average Bonchev–Trinajstić information content (AvgIpc) is 3.13. The lowest BCUT2D eigenvalue weighted by atomic mass is 10.2. The fourth-order valence-electron chi connectivity index (χ4n) is 3.26. The number of carbonyl (C=O) groups excluding carboxylic acids is 1. The summed E-state index contributed by atoms with van der Waals surface area (Å²) >= 11 is 6.10. The van der Waals surface area contributed by atoms with Gasteiger partial charge in [0.15, 0.2) is 5.82 Å². The van der Waals surface area contributed by atoms with Gasteiger partial charge in [-0.15, -0.1) is 0 Å². The van der Waals surface area contributed by atoms with Gasteiger partial charge >= 0.3 is 0 Å². The molecule has 0 spiro atoms.